The van der Waals surface area contributed by atoms with Crippen molar-refractivity contribution in [2.45, 2.75) is 6.04 Å². The fraction of sp³-hybridized carbons (Fsp3) is 0.333. The molecule has 2 N–H and O–H groups in total. The highest BCUT2D eigenvalue weighted by atomic mass is 16.5. The molecule has 1 heterocycles. The van der Waals surface area contributed by atoms with Crippen LogP contribution in [0.1, 0.15) is 22.0 Å². The van der Waals surface area contributed by atoms with Gasteiger partial charge < -0.3 is 25.2 Å². The number of urea groups is 1. The maximum absolute atomic E-state index is 13.3. The van der Waals surface area contributed by atoms with Crippen molar-refractivity contribution in [3.05, 3.63) is 59.7 Å². The molecular formula is C21H26N4O3. The first kappa shape index (κ1) is 19.7. The summed E-state index contributed by atoms with van der Waals surface area (Å²) in [6.45, 7) is 1.98. The average Bonchev–Trinajstić information content (AvgIpc) is 2.73. The van der Waals surface area contributed by atoms with Gasteiger partial charge in [0.15, 0.2) is 0 Å². The lowest BCUT2D eigenvalue weighted by atomic mass is 10.0. The van der Waals surface area contributed by atoms with Crippen molar-refractivity contribution in [3.63, 3.8) is 0 Å². The van der Waals surface area contributed by atoms with Crippen LogP contribution in [0.5, 0.6) is 5.75 Å². The number of anilines is 1. The van der Waals surface area contributed by atoms with Gasteiger partial charge in [0.2, 0.25) is 0 Å². The van der Waals surface area contributed by atoms with E-state index in [1.807, 2.05) is 29.2 Å². The summed E-state index contributed by atoms with van der Waals surface area (Å²) in [6, 6.07) is 14.4. The summed E-state index contributed by atoms with van der Waals surface area (Å²) in [5.74, 6) is 0.694. The molecule has 1 aliphatic rings. The van der Waals surface area contributed by atoms with Crippen molar-refractivity contribution in [2.24, 2.45) is 0 Å². The van der Waals surface area contributed by atoms with Gasteiger partial charge >= 0.3 is 6.03 Å². The predicted molar refractivity (Wildman–Crippen MR) is 109 cm³/mol. The molecule has 148 valence electrons. The third-order valence-corrected chi connectivity index (χ3v) is 4.77. The molecule has 1 atom stereocenters. The number of hydrogen-bond donors (Lipinski definition) is 2. The molecule has 3 rings (SSSR count). The van der Waals surface area contributed by atoms with Gasteiger partial charge in [-0.3, -0.25) is 4.79 Å². The Morgan fingerprint density at radius 3 is 2.71 bits per heavy atom. The molecule has 2 aromatic rings. The smallest absolute Gasteiger partial charge is 0.321 e. The van der Waals surface area contributed by atoms with E-state index in [1.54, 1.807) is 45.5 Å². The summed E-state index contributed by atoms with van der Waals surface area (Å²) in [5, 5.41) is 6.14. The average molecular weight is 382 g/mol. The Balaban J connectivity index is 1.86. The highest BCUT2D eigenvalue weighted by molar-refractivity contribution is 5.97. The van der Waals surface area contributed by atoms with Gasteiger partial charge in [-0.15, -0.1) is 0 Å². The van der Waals surface area contributed by atoms with Crippen LogP contribution in [0.2, 0.25) is 0 Å². The molecule has 28 heavy (non-hydrogen) atoms. The zero-order chi connectivity index (χ0) is 20.1. The Morgan fingerprint density at radius 2 is 1.96 bits per heavy atom. The van der Waals surface area contributed by atoms with Crippen LogP contribution in [0.25, 0.3) is 0 Å². The van der Waals surface area contributed by atoms with Gasteiger partial charge in [0, 0.05) is 50.5 Å². The van der Waals surface area contributed by atoms with E-state index in [1.165, 1.54) is 4.90 Å². The number of rotatable bonds is 4. The molecule has 0 aliphatic carbocycles. The largest absolute Gasteiger partial charge is 0.496 e. The number of hydrogen-bond acceptors (Lipinski definition) is 4. The number of piperazine rings is 1. The van der Waals surface area contributed by atoms with E-state index in [9.17, 15) is 9.59 Å². The van der Waals surface area contributed by atoms with Gasteiger partial charge in [0.1, 0.15) is 5.75 Å². The number of methoxy groups -OCH3 is 1. The predicted octanol–water partition coefficient (Wildman–Crippen LogP) is 2.58. The van der Waals surface area contributed by atoms with Gasteiger partial charge in [-0.1, -0.05) is 24.3 Å². The molecule has 1 aliphatic heterocycles. The molecule has 7 nitrogen and oxygen atoms in total. The minimum absolute atomic E-state index is 0.0710. The summed E-state index contributed by atoms with van der Waals surface area (Å²) in [5.41, 5.74) is 2.11. The van der Waals surface area contributed by atoms with Gasteiger partial charge in [-0.05, 0) is 24.3 Å². The second-order valence-corrected chi connectivity index (χ2v) is 6.87. The maximum atomic E-state index is 13.3. The SMILES string of the molecule is COc1ccccc1C1CNCCN1C(=O)c1cccc(NC(=O)N(C)C)c1. The van der Waals surface area contributed by atoms with Crippen LogP contribution < -0.4 is 15.4 Å². The van der Waals surface area contributed by atoms with Gasteiger partial charge in [0.05, 0.1) is 13.2 Å². The lowest BCUT2D eigenvalue weighted by Crippen LogP contribution is -2.48. The number of carbonyl (C=O) groups is 2. The number of nitrogens with one attached hydrogen (secondary N) is 2. The van der Waals surface area contributed by atoms with Crippen LogP contribution in [0.15, 0.2) is 48.5 Å². The van der Waals surface area contributed by atoms with Crippen molar-refractivity contribution >= 4 is 17.6 Å². The van der Waals surface area contributed by atoms with Crippen LogP contribution in [0.4, 0.5) is 10.5 Å². The van der Waals surface area contributed by atoms with E-state index in [-0.39, 0.29) is 18.0 Å². The Bertz CT molecular complexity index is 853. The lowest BCUT2D eigenvalue weighted by molar-refractivity contribution is 0.0631. The van der Waals surface area contributed by atoms with Crippen molar-refractivity contribution in [1.82, 2.24) is 15.1 Å². The summed E-state index contributed by atoms with van der Waals surface area (Å²) in [6.07, 6.45) is 0. The third kappa shape index (κ3) is 4.26. The second-order valence-electron chi connectivity index (χ2n) is 6.87. The fourth-order valence-corrected chi connectivity index (χ4v) is 3.30. The molecule has 1 fully saturated rings. The van der Waals surface area contributed by atoms with Gasteiger partial charge in [-0.2, -0.15) is 0 Å². The number of ether oxygens (including phenoxy) is 1. The highest BCUT2D eigenvalue weighted by Gasteiger charge is 2.30. The summed E-state index contributed by atoms with van der Waals surface area (Å²) in [4.78, 5) is 28.5. The lowest BCUT2D eigenvalue weighted by Gasteiger charge is -2.37. The van der Waals surface area contributed by atoms with Gasteiger partial charge in [-0.25, -0.2) is 4.79 Å². The maximum Gasteiger partial charge on any atom is 0.321 e. The minimum atomic E-state index is -0.237. The number of para-hydroxylation sites is 1. The molecule has 2 aromatic carbocycles. The van der Waals surface area contributed by atoms with Crippen LogP contribution in [0.3, 0.4) is 0 Å². The molecule has 3 amide bonds. The van der Waals surface area contributed by atoms with Crippen molar-refractivity contribution in [1.29, 1.82) is 0 Å². The van der Waals surface area contributed by atoms with Crippen LogP contribution in [0, 0.1) is 0 Å². The van der Waals surface area contributed by atoms with Crippen molar-refractivity contribution < 1.29 is 14.3 Å². The quantitative estimate of drug-likeness (QED) is 0.852. The number of nitrogens with zero attached hydrogens (tertiary/aromatic N) is 2. The summed E-state index contributed by atoms with van der Waals surface area (Å²) < 4.78 is 5.50. The molecule has 7 heteroatoms. The number of benzene rings is 2. The van der Waals surface area contributed by atoms with Crippen LogP contribution >= 0.6 is 0 Å². The zero-order valence-corrected chi connectivity index (χ0v) is 16.4. The molecular weight excluding hydrogens is 356 g/mol. The molecule has 0 spiro atoms. The van der Waals surface area contributed by atoms with E-state index < -0.39 is 0 Å². The molecule has 1 saturated heterocycles. The van der Waals surface area contributed by atoms with Crippen LogP contribution in [-0.2, 0) is 0 Å². The standard InChI is InChI=1S/C21H26N4O3/c1-24(2)21(27)23-16-8-6-7-15(13-16)20(26)25-12-11-22-14-18(25)17-9-4-5-10-19(17)28-3/h4-10,13,18,22H,11-12,14H2,1-3H3,(H,23,27). The normalized spacial score (nSPS) is 16.4. The Morgan fingerprint density at radius 1 is 1.18 bits per heavy atom. The zero-order valence-electron chi connectivity index (χ0n) is 16.4. The summed E-state index contributed by atoms with van der Waals surface area (Å²) in [7, 11) is 4.98. The van der Waals surface area contributed by atoms with E-state index in [2.05, 4.69) is 10.6 Å². The van der Waals surface area contributed by atoms with Crippen LogP contribution in [-0.4, -0.2) is 62.6 Å². The Hall–Kier alpha value is -3.06. The van der Waals surface area contributed by atoms with E-state index in [4.69, 9.17) is 4.74 Å². The van der Waals surface area contributed by atoms with E-state index in [0.29, 0.717) is 24.3 Å². The third-order valence-electron chi connectivity index (χ3n) is 4.77. The summed E-state index contributed by atoms with van der Waals surface area (Å²) >= 11 is 0. The fourth-order valence-electron chi connectivity index (χ4n) is 3.30. The first-order chi connectivity index (χ1) is 13.5. The number of carbonyl (C=O) groups excluding carboxylic acids is 2. The first-order valence-corrected chi connectivity index (χ1v) is 9.24. The van der Waals surface area contributed by atoms with Crippen molar-refractivity contribution in [3.8, 4) is 5.75 Å². The molecule has 0 saturated carbocycles. The van der Waals surface area contributed by atoms with Crippen molar-refractivity contribution in [2.75, 3.05) is 46.2 Å². The Kier molecular flexibility index (Phi) is 6.16. The monoisotopic (exact) mass is 382 g/mol. The van der Waals surface area contributed by atoms with Gasteiger partial charge in [0.25, 0.3) is 5.91 Å². The molecule has 1 unspecified atom stereocenters. The molecule has 0 radical (unpaired) electrons. The van der Waals surface area contributed by atoms with E-state index in [0.717, 1.165) is 17.9 Å². The molecule has 0 aromatic heterocycles. The highest BCUT2D eigenvalue weighted by Crippen LogP contribution is 2.31. The topological polar surface area (TPSA) is 73.9 Å². The van der Waals surface area contributed by atoms with E-state index >= 15 is 0 Å². The second kappa shape index (κ2) is 8.75. The number of amides is 3. The Labute approximate surface area is 165 Å². The minimum Gasteiger partial charge on any atom is -0.496 e. The molecule has 0 bridgehead atoms. The first-order valence-electron chi connectivity index (χ1n) is 9.24.